The number of anilines is 5. The summed E-state index contributed by atoms with van der Waals surface area (Å²) in [7, 11) is 5.68. The lowest BCUT2D eigenvalue weighted by Crippen LogP contribution is -2.48. The van der Waals surface area contributed by atoms with E-state index in [0.29, 0.717) is 54.3 Å². The number of benzene rings is 2. The van der Waals surface area contributed by atoms with Crippen LogP contribution in [0.2, 0.25) is 5.02 Å². The van der Waals surface area contributed by atoms with Gasteiger partial charge in [0.05, 0.1) is 24.4 Å². The van der Waals surface area contributed by atoms with E-state index in [2.05, 4.69) is 35.7 Å². The number of hydrogen-bond acceptors (Lipinski definition) is 9. The van der Waals surface area contributed by atoms with Crippen molar-refractivity contribution in [3.05, 3.63) is 58.7 Å². The Morgan fingerprint density at radius 1 is 1.16 bits per heavy atom. The first-order valence-corrected chi connectivity index (χ1v) is 15.3. The monoisotopic (exact) mass is 620 g/mol. The van der Waals surface area contributed by atoms with E-state index >= 15 is 0 Å². The highest BCUT2D eigenvalue weighted by Gasteiger charge is 2.39. The highest BCUT2D eigenvalue weighted by Crippen LogP contribution is 2.40. The van der Waals surface area contributed by atoms with Crippen molar-refractivity contribution in [1.82, 2.24) is 19.8 Å². The van der Waals surface area contributed by atoms with E-state index in [1.807, 2.05) is 69.2 Å². The lowest BCUT2D eigenvalue weighted by atomic mass is 9.83. The van der Waals surface area contributed by atoms with E-state index < -0.39 is 5.41 Å². The van der Waals surface area contributed by atoms with E-state index in [1.54, 1.807) is 13.3 Å². The molecule has 0 saturated carbocycles. The number of carbonyl (C=O) groups excluding carboxylic acids is 2. The third-order valence-corrected chi connectivity index (χ3v) is 8.48. The van der Waals surface area contributed by atoms with Gasteiger partial charge in [-0.05, 0) is 70.2 Å². The molecule has 1 aromatic heterocycles. The third-order valence-electron chi connectivity index (χ3n) is 8.21. The second-order valence-corrected chi connectivity index (χ2v) is 12.4. The summed E-state index contributed by atoms with van der Waals surface area (Å²) in [6, 6.07) is 11.8. The number of nitrogens with one attached hydrogen (secondary N) is 3. The van der Waals surface area contributed by atoms with E-state index in [9.17, 15) is 9.59 Å². The molecular formula is C32H41ClN8O3. The number of ether oxygens (including phenoxy) is 1. The minimum Gasteiger partial charge on any atom is -0.494 e. The van der Waals surface area contributed by atoms with Crippen LogP contribution in [0.15, 0.2) is 42.6 Å². The van der Waals surface area contributed by atoms with Crippen LogP contribution in [0.5, 0.6) is 5.75 Å². The SMILES string of the molecule is COc1cc(N2CCN(C(=O)CCCN(C)C)CC2)ccc1Nc1ncc(Cl)c(NCc2cccc3c2C(C)(C)C(=O)N3)n1. The summed E-state index contributed by atoms with van der Waals surface area (Å²) in [6.45, 7) is 8.12. The maximum absolute atomic E-state index is 12.6. The average molecular weight is 621 g/mol. The van der Waals surface area contributed by atoms with Crippen LogP contribution in [-0.4, -0.2) is 85.5 Å². The Balaban J connectivity index is 1.22. The van der Waals surface area contributed by atoms with E-state index in [1.165, 1.54) is 0 Å². The van der Waals surface area contributed by atoms with Gasteiger partial charge in [0.2, 0.25) is 17.8 Å². The van der Waals surface area contributed by atoms with Crippen LogP contribution in [0.4, 0.5) is 28.8 Å². The molecule has 2 aliphatic heterocycles. The van der Waals surface area contributed by atoms with Crippen LogP contribution in [0.1, 0.15) is 37.8 Å². The van der Waals surface area contributed by atoms with Crippen molar-refractivity contribution in [2.45, 2.75) is 38.6 Å². The summed E-state index contributed by atoms with van der Waals surface area (Å²) in [5, 5.41) is 9.92. The molecule has 2 aromatic carbocycles. The second-order valence-electron chi connectivity index (χ2n) is 11.9. The van der Waals surface area contributed by atoms with Gasteiger partial charge in [-0.3, -0.25) is 9.59 Å². The van der Waals surface area contributed by atoms with E-state index in [0.717, 1.165) is 48.6 Å². The molecule has 3 heterocycles. The first-order chi connectivity index (χ1) is 21.1. The molecule has 234 valence electrons. The van der Waals surface area contributed by atoms with Gasteiger partial charge in [-0.25, -0.2) is 4.98 Å². The predicted octanol–water partition coefficient (Wildman–Crippen LogP) is 4.71. The molecular weight excluding hydrogens is 580 g/mol. The third kappa shape index (κ3) is 6.84. The van der Waals surface area contributed by atoms with Gasteiger partial charge in [0.25, 0.3) is 0 Å². The molecule has 44 heavy (non-hydrogen) atoms. The van der Waals surface area contributed by atoms with Gasteiger partial charge in [-0.1, -0.05) is 23.7 Å². The smallest absolute Gasteiger partial charge is 0.234 e. The fourth-order valence-corrected chi connectivity index (χ4v) is 5.89. The fraction of sp³-hybridized carbons (Fsp3) is 0.438. The molecule has 3 N–H and O–H groups in total. The number of halogens is 1. The molecule has 0 atom stereocenters. The maximum Gasteiger partial charge on any atom is 0.234 e. The van der Waals surface area contributed by atoms with Crippen LogP contribution in [0.25, 0.3) is 0 Å². The molecule has 0 spiro atoms. The number of amides is 2. The van der Waals surface area contributed by atoms with E-state index in [4.69, 9.17) is 16.3 Å². The van der Waals surface area contributed by atoms with Crippen molar-refractivity contribution in [3.63, 3.8) is 0 Å². The number of carbonyl (C=O) groups is 2. The quantitative estimate of drug-likeness (QED) is 0.280. The average Bonchev–Trinajstić information content (AvgIpc) is 3.25. The van der Waals surface area contributed by atoms with Crippen LogP contribution < -0.4 is 25.6 Å². The molecule has 0 unspecified atom stereocenters. The lowest BCUT2D eigenvalue weighted by Gasteiger charge is -2.36. The molecule has 0 radical (unpaired) electrons. The minimum absolute atomic E-state index is 0.0185. The van der Waals surface area contributed by atoms with Gasteiger partial charge in [0.15, 0.2) is 5.82 Å². The summed E-state index contributed by atoms with van der Waals surface area (Å²) < 4.78 is 5.71. The molecule has 2 aliphatic rings. The molecule has 5 rings (SSSR count). The Kier molecular flexibility index (Phi) is 9.45. The van der Waals surface area contributed by atoms with Gasteiger partial charge in [-0.2, -0.15) is 4.98 Å². The number of piperazine rings is 1. The minimum atomic E-state index is -0.630. The van der Waals surface area contributed by atoms with Crippen LogP contribution >= 0.6 is 11.6 Å². The molecule has 1 fully saturated rings. The number of aromatic nitrogens is 2. The molecule has 0 aliphatic carbocycles. The Morgan fingerprint density at radius 2 is 1.93 bits per heavy atom. The molecule has 2 amide bonds. The molecule has 11 nitrogen and oxygen atoms in total. The van der Waals surface area contributed by atoms with Gasteiger partial charge < -0.3 is 35.4 Å². The van der Waals surface area contributed by atoms with Crippen molar-refractivity contribution in [2.75, 3.05) is 74.8 Å². The largest absolute Gasteiger partial charge is 0.494 e. The Labute approximate surface area is 263 Å². The van der Waals surface area contributed by atoms with Crippen molar-refractivity contribution in [3.8, 4) is 5.75 Å². The highest BCUT2D eigenvalue weighted by molar-refractivity contribution is 6.32. The summed E-state index contributed by atoms with van der Waals surface area (Å²) >= 11 is 6.46. The van der Waals surface area contributed by atoms with Crippen LogP contribution in [0, 0.1) is 0 Å². The first kappa shape index (κ1) is 31.3. The van der Waals surface area contributed by atoms with Crippen LogP contribution in [0.3, 0.4) is 0 Å². The topological polar surface area (TPSA) is 115 Å². The highest BCUT2D eigenvalue weighted by atomic mass is 35.5. The first-order valence-electron chi connectivity index (χ1n) is 14.9. The van der Waals surface area contributed by atoms with Crippen molar-refractivity contribution >= 4 is 52.2 Å². The second kappa shape index (κ2) is 13.3. The Hall–Kier alpha value is -4.09. The Bertz CT molecular complexity index is 1520. The van der Waals surface area contributed by atoms with Crippen LogP contribution in [-0.2, 0) is 21.5 Å². The standard InChI is InChI=1S/C32H41ClN8O3/c1-32(2)28-21(8-6-9-25(28)36-30(32)43)19-34-29-23(33)20-35-31(38-29)37-24-12-11-22(18-26(24)44-5)40-14-16-41(17-15-40)27(42)10-7-13-39(3)4/h6,8-9,11-12,18,20H,7,10,13-17,19H2,1-5H3,(H,36,43)(H2,34,35,37,38). The number of nitrogens with zero attached hydrogens (tertiary/aromatic N) is 5. The summed E-state index contributed by atoms with van der Waals surface area (Å²) in [5.41, 5.74) is 3.90. The predicted molar refractivity (Wildman–Crippen MR) is 175 cm³/mol. The summed E-state index contributed by atoms with van der Waals surface area (Å²) in [6.07, 6.45) is 3.01. The number of fused-ring (bicyclic) bond motifs is 1. The Morgan fingerprint density at radius 3 is 2.66 bits per heavy atom. The summed E-state index contributed by atoms with van der Waals surface area (Å²) in [5.74, 6) is 1.69. The fourth-order valence-electron chi connectivity index (χ4n) is 5.73. The van der Waals surface area contributed by atoms with Gasteiger partial charge in [0.1, 0.15) is 10.8 Å². The number of rotatable bonds is 11. The molecule has 12 heteroatoms. The van der Waals surface area contributed by atoms with E-state index in [-0.39, 0.29) is 11.8 Å². The molecule has 3 aromatic rings. The van der Waals surface area contributed by atoms with Gasteiger partial charge in [0, 0.05) is 56.6 Å². The maximum atomic E-state index is 12.6. The zero-order valence-corrected chi connectivity index (χ0v) is 26.8. The van der Waals surface area contributed by atoms with Crippen molar-refractivity contribution < 1.29 is 14.3 Å². The molecule has 0 bridgehead atoms. The van der Waals surface area contributed by atoms with Crippen molar-refractivity contribution in [2.24, 2.45) is 0 Å². The summed E-state index contributed by atoms with van der Waals surface area (Å²) in [4.78, 5) is 40.4. The van der Waals surface area contributed by atoms with Gasteiger partial charge in [-0.15, -0.1) is 0 Å². The number of methoxy groups -OCH3 is 1. The van der Waals surface area contributed by atoms with Gasteiger partial charge >= 0.3 is 0 Å². The van der Waals surface area contributed by atoms with Crippen molar-refractivity contribution in [1.29, 1.82) is 0 Å². The zero-order chi connectivity index (χ0) is 31.4. The lowest BCUT2D eigenvalue weighted by molar-refractivity contribution is -0.131. The zero-order valence-electron chi connectivity index (χ0n) is 26.0. The normalized spacial score (nSPS) is 15.7. The number of hydrogen-bond donors (Lipinski definition) is 3. The molecule has 1 saturated heterocycles.